The molecule has 0 spiro atoms. The van der Waals surface area contributed by atoms with Gasteiger partial charge < -0.3 is 15.0 Å². The fourth-order valence-electron chi connectivity index (χ4n) is 3.49. The molecule has 3 aromatic rings. The highest BCUT2D eigenvalue weighted by molar-refractivity contribution is 6.02. The summed E-state index contributed by atoms with van der Waals surface area (Å²) in [6.07, 6.45) is 5.63. The van der Waals surface area contributed by atoms with Crippen LogP contribution in [0.4, 0.5) is 11.4 Å². The van der Waals surface area contributed by atoms with Crippen molar-refractivity contribution in [2.24, 2.45) is 4.99 Å². The van der Waals surface area contributed by atoms with E-state index in [1.165, 1.54) is 24.9 Å². The second-order valence-corrected chi connectivity index (χ2v) is 6.76. The molecule has 1 aliphatic heterocycles. The average Bonchev–Trinajstić information content (AvgIpc) is 2.95. The van der Waals surface area contributed by atoms with Crippen molar-refractivity contribution in [3.05, 3.63) is 53.6 Å². The number of aromatic amines is 1. The van der Waals surface area contributed by atoms with E-state index < -0.39 is 0 Å². The van der Waals surface area contributed by atoms with E-state index in [0.717, 1.165) is 40.8 Å². The summed E-state index contributed by atoms with van der Waals surface area (Å²) in [6.45, 7) is 4.32. The third-order valence-electron chi connectivity index (χ3n) is 4.89. The molecule has 4 heteroatoms. The van der Waals surface area contributed by atoms with Crippen molar-refractivity contribution in [3.8, 4) is 5.88 Å². The highest BCUT2D eigenvalue weighted by atomic mass is 16.3. The largest absolute Gasteiger partial charge is 0.494 e. The molecule has 25 heavy (non-hydrogen) atoms. The first-order valence-electron chi connectivity index (χ1n) is 8.91. The number of aryl methyl sites for hydroxylation is 1. The standard InChI is InChI=1S/C21H23N3O/c1-15-5-10-18-19(21(25)23-20(18)13-15)14-22-16-6-8-17(9-7-16)24-11-3-2-4-12-24/h5-10,13-14,23,25H,2-4,11-12H2,1H3. The van der Waals surface area contributed by atoms with Gasteiger partial charge >= 0.3 is 0 Å². The predicted molar refractivity (Wildman–Crippen MR) is 104 cm³/mol. The summed E-state index contributed by atoms with van der Waals surface area (Å²) in [7, 11) is 0. The van der Waals surface area contributed by atoms with E-state index in [-0.39, 0.29) is 5.88 Å². The van der Waals surface area contributed by atoms with Gasteiger partial charge in [-0.15, -0.1) is 0 Å². The number of rotatable bonds is 3. The van der Waals surface area contributed by atoms with Crippen molar-refractivity contribution in [1.82, 2.24) is 4.98 Å². The minimum absolute atomic E-state index is 0.161. The summed E-state index contributed by atoms with van der Waals surface area (Å²) in [4.78, 5) is 9.99. The fraction of sp³-hybridized carbons (Fsp3) is 0.286. The third-order valence-corrected chi connectivity index (χ3v) is 4.89. The van der Waals surface area contributed by atoms with E-state index in [1.807, 2.05) is 37.3 Å². The lowest BCUT2D eigenvalue weighted by Crippen LogP contribution is -2.29. The minimum atomic E-state index is 0.161. The number of fused-ring (bicyclic) bond motifs is 1. The first kappa shape index (κ1) is 15.8. The zero-order valence-corrected chi connectivity index (χ0v) is 14.5. The number of aliphatic imine (C=N–C) groups is 1. The maximum absolute atomic E-state index is 10.2. The Balaban J connectivity index is 1.56. The Hall–Kier alpha value is -2.75. The van der Waals surface area contributed by atoms with Gasteiger partial charge in [0.1, 0.15) is 0 Å². The van der Waals surface area contributed by atoms with Crippen LogP contribution in [0.25, 0.3) is 10.9 Å². The van der Waals surface area contributed by atoms with E-state index in [4.69, 9.17) is 0 Å². The van der Waals surface area contributed by atoms with Crippen LogP contribution in [0.2, 0.25) is 0 Å². The van der Waals surface area contributed by atoms with Crippen LogP contribution in [-0.2, 0) is 0 Å². The topological polar surface area (TPSA) is 51.6 Å². The molecule has 128 valence electrons. The minimum Gasteiger partial charge on any atom is -0.494 e. The summed E-state index contributed by atoms with van der Waals surface area (Å²) in [5.74, 6) is 0.161. The van der Waals surface area contributed by atoms with E-state index in [1.54, 1.807) is 6.21 Å². The van der Waals surface area contributed by atoms with Crippen molar-refractivity contribution in [2.45, 2.75) is 26.2 Å². The van der Waals surface area contributed by atoms with Crippen LogP contribution in [0.1, 0.15) is 30.4 Å². The molecular weight excluding hydrogens is 310 g/mol. The Kier molecular flexibility index (Phi) is 4.18. The molecule has 2 aromatic carbocycles. The number of aromatic nitrogens is 1. The first-order valence-corrected chi connectivity index (χ1v) is 8.91. The monoisotopic (exact) mass is 333 g/mol. The lowest BCUT2D eigenvalue weighted by molar-refractivity contribution is 0.457. The van der Waals surface area contributed by atoms with E-state index in [9.17, 15) is 5.11 Å². The lowest BCUT2D eigenvalue weighted by atomic mass is 10.1. The maximum Gasteiger partial charge on any atom is 0.198 e. The summed E-state index contributed by atoms with van der Waals surface area (Å²) in [6, 6.07) is 14.4. The molecule has 0 atom stereocenters. The van der Waals surface area contributed by atoms with E-state index in [0.29, 0.717) is 0 Å². The third kappa shape index (κ3) is 3.25. The smallest absolute Gasteiger partial charge is 0.198 e. The maximum atomic E-state index is 10.2. The molecule has 2 heterocycles. The Morgan fingerprint density at radius 2 is 1.80 bits per heavy atom. The Morgan fingerprint density at radius 3 is 2.56 bits per heavy atom. The molecule has 0 bridgehead atoms. The van der Waals surface area contributed by atoms with Gasteiger partial charge in [-0.25, -0.2) is 0 Å². The normalized spacial score (nSPS) is 15.3. The van der Waals surface area contributed by atoms with Crippen LogP contribution < -0.4 is 4.90 Å². The molecule has 1 aromatic heterocycles. The van der Waals surface area contributed by atoms with Gasteiger partial charge in [-0.05, 0) is 62.1 Å². The number of H-pyrrole nitrogens is 1. The molecule has 1 fully saturated rings. The molecule has 0 aliphatic carbocycles. The van der Waals surface area contributed by atoms with Crippen molar-refractivity contribution in [1.29, 1.82) is 0 Å². The van der Waals surface area contributed by atoms with Crippen LogP contribution in [0, 0.1) is 6.92 Å². The molecule has 0 radical (unpaired) electrons. The van der Waals surface area contributed by atoms with Gasteiger partial charge in [0.25, 0.3) is 0 Å². The van der Waals surface area contributed by atoms with Crippen LogP contribution in [-0.4, -0.2) is 29.4 Å². The number of nitrogens with zero attached hydrogens (tertiary/aromatic N) is 2. The number of anilines is 1. The number of benzene rings is 2. The van der Waals surface area contributed by atoms with Crippen molar-refractivity contribution >= 4 is 28.5 Å². The van der Waals surface area contributed by atoms with E-state index in [2.05, 4.69) is 27.0 Å². The highest BCUT2D eigenvalue weighted by Gasteiger charge is 2.11. The quantitative estimate of drug-likeness (QED) is 0.668. The molecule has 0 amide bonds. The van der Waals surface area contributed by atoms with Gasteiger partial charge in [0.2, 0.25) is 0 Å². The van der Waals surface area contributed by atoms with Crippen LogP contribution in [0.3, 0.4) is 0 Å². The average molecular weight is 333 g/mol. The van der Waals surface area contributed by atoms with Crippen molar-refractivity contribution in [2.75, 3.05) is 18.0 Å². The molecule has 0 unspecified atom stereocenters. The number of hydrogen-bond donors (Lipinski definition) is 2. The molecule has 1 saturated heterocycles. The van der Waals surface area contributed by atoms with Gasteiger partial charge in [-0.2, -0.15) is 0 Å². The zero-order chi connectivity index (χ0) is 17.2. The molecule has 2 N–H and O–H groups in total. The summed E-state index contributed by atoms with van der Waals surface area (Å²) in [5, 5.41) is 11.1. The number of aromatic hydroxyl groups is 1. The fourth-order valence-corrected chi connectivity index (χ4v) is 3.49. The van der Waals surface area contributed by atoms with Gasteiger partial charge in [-0.3, -0.25) is 4.99 Å². The Labute approximate surface area is 147 Å². The molecule has 4 nitrogen and oxygen atoms in total. The predicted octanol–water partition coefficient (Wildman–Crippen LogP) is 4.92. The van der Waals surface area contributed by atoms with Crippen LogP contribution >= 0.6 is 0 Å². The SMILES string of the molecule is Cc1ccc2c(C=Nc3ccc(N4CCCCC4)cc3)c(O)[nH]c2c1. The van der Waals surface area contributed by atoms with Gasteiger partial charge in [0, 0.05) is 35.9 Å². The number of piperidine rings is 1. The second kappa shape index (κ2) is 6.63. The summed E-state index contributed by atoms with van der Waals surface area (Å²) in [5.41, 5.74) is 4.98. The molecule has 1 aliphatic rings. The van der Waals surface area contributed by atoms with Gasteiger partial charge in [0.05, 0.1) is 11.3 Å². The van der Waals surface area contributed by atoms with Crippen molar-refractivity contribution < 1.29 is 5.11 Å². The second-order valence-electron chi connectivity index (χ2n) is 6.76. The molecular formula is C21H23N3O. The van der Waals surface area contributed by atoms with Gasteiger partial charge in [-0.1, -0.05) is 12.1 Å². The zero-order valence-electron chi connectivity index (χ0n) is 14.5. The summed E-state index contributed by atoms with van der Waals surface area (Å²) >= 11 is 0. The van der Waals surface area contributed by atoms with E-state index >= 15 is 0 Å². The van der Waals surface area contributed by atoms with Crippen LogP contribution in [0.5, 0.6) is 5.88 Å². The lowest BCUT2D eigenvalue weighted by Gasteiger charge is -2.28. The van der Waals surface area contributed by atoms with Crippen LogP contribution in [0.15, 0.2) is 47.5 Å². The first-order chi connectivity index (χ1) is 12.2. The Morgan fingerprint density at radius 1 is 1.04 bits per heavy atom. The van der Waals surface area contributed by atoms with Crippen molar-refractivity contribution in [3.63, 3.8) is 0 Å². The van der Waals surface area contributed by atoms with Gasteiger partial charge in [0.15, 0.2) is 5.88 Å². The summed E-state index contributed by atoms with van der Waals surface area (Å²) < 4.78 is 0. The number of hydrogen-bond acceptors (Lipinski definition) is 3. The molecule has 4 rings (SSSR count). The number of nitrogens with one attached hydrogen (secondary N) is 1. The Bertz CT molecular complexity index is 903. The highest BCUT2D eigenvalue weighted by Crippen LogP contribution is 2.28. The molecule has 0 saturated carbocycles.